The van der Waals surface area contributed by atoms with Crippen LogP contribution in [0.25, 0.3) is 11.5 Å². The molecule has 0 saturated heterocycles. The summed E-state index contributed by atoms with van der Waals surface area (Å²) in [5, 5.41) is 22.2. The van der Waals surface area contributed by atoms with Gasteiger partial charge in [0.05, 0.1) is 22.2 Å². The van der Waals surface area contributed by atoms with E-state index in [1.807, 2.05) is 0 Å². The highest BCUT2D eigenvalue weighted by molar-refractivity contribution is 5.76. The molecule has 0 aliphatic carbocycles. The van der Waals surface area contributed by atoms with Gasteiger partial charge in [-0.25, -0.2) is 4.79 Å². The van der Waals surface area contributed by atoms with Gasteiger partial charge in [0.1, 0.15) is 0 Å². The molecule has 3 rings (SSSR count). The van der Waals surface area contributed by atoms with Crippen molar-refractivity contribution in [3.8, 4) is 11.5 Å². The molecule has 158 valence electrons. The molecule has 3 aromatic rings. The average molecular weight is 420 g/mol. The van der Waals surface area contributed by atoms with E-state index in [1.54, 1.807) is 38.1 Å². The van der Waals surface area contributed by atoms with Crippen LogP contribution >= 0.6 is 0 Å². The molecule has 7 nitrogen and oxygen atoms in total. The Morgan fingerprint density at radius 3 is 2.37 bits per heavy atom. The summed E-state index contributed by atoms with van der Waals surface area (Å²) >= 11 is 0. The molecule has 0 spiro atoms. The number of rotatable bonds is 6. The molecule has 0 radical (unpaired) electrons. The molecule has 0 aliphatic rings. The number of hydrogen-bond acceptors (Lipinski definition) is 5. The molecule has 0 aliphatic heterocycles. The number of alkyl halides is 3. The monoisotopic (exact) mass is 420 g/mol. The minimum absolute atomic E-state index is 0.0788. The third kappa shape index (κ3) is 4.88. The second kappa shape index (κ2) is 8.05. The first kappa shape index (κ1) is 21.2. The molecule has 30 heavy (non-hydrogen) atoms. The van der Waals surface area contributed by atoms with Gasteiger partial charge < -0.3 is 20.2 Å². The highest BCUT2D eigenvalue weighted by Crippen LogP contribution is 2.33. The number of hydrogen-bond donors (Lipinski definition) is 3. The SMILES string of the molecule is CC(C)(CNC(=O)O)c1nnc(-c2ccccc2Nc2ccc(C(F)(F)F)cc2)o1. The minimum Gasteiger partial charge on any atom is -0.465 e. The van der Waals surface area contributed by atoms with Gasteiger partial charge in [-0.1, -0.05) is 12.1 Å². The lowest BCUT2D eigenvalue weighted by Crippen LogP contribution is -2.36. The van der Waals surface area contributed by atoms with Gasteiger partial charge in [0.25, 0.3) is 0 Å². The van der Waals surface area contributed by atoms with Crippen molar-refractivity contribution in [1.29, 1.82) is 0 Å². The molecule has 1 heterocycles. The molecule has 1 aromatic heterocycles. The highest BCUT2D eigenvalue weighted by atomic mass is 19.4. The van der Waals surface area contributed by atoms with E-state index in [0.29, 0.717) is 16.9 Å². The van der Waals surface area contributed by atoms with E-state index in [1.165, 1.54) is 12.1 Å². The van der Waals surface area contributed by atoms with Gasteiger partial charge in [-0.3, -0.25) is 0 Å². The number of benzene rings is 2. The quantitative estimate of drug-likeness (QED) is 0.516. The summed E-state index contributed by atoms with van der Waals surface area (Å²) in [6, 6.07) is 11.6. The maximum atomic E-state index is 12.7. The van der Waals surface area contributed by atoms with Crippen LogP contribution in [0.4, 0.5) is 29.3 Å². The van der Waals surface area contributed by atoms with Crippen molar-refractivity contribution >= 4 is 17.5 Å². The van der Waals surface area contributed by atoms with Crippen LogP contribution in [0.2, 0.25) is 0 Å². The van der Waals surface area contributed by atoms with Crippen LogP contribution in [0.15, 0.2) is 52.9 Å². The van der Waals surface area contributed by atoms with Crippen LogP contribution in [0.3, 0.4) is 0 Å². The number of nitrogens with zero attached hydrogens (tertiary/aromatic N) is 2. The second-order valence-corrected chi connectivity index (χ2v) is 7.20. The van der Waals surface area contributed by atoms with Crippen molar-refractivity contribution in [3.63, 3.8) is 0 Å². The summed E-state index contributed by atoms with van der Waals surface area (Å²) in [5.74, 6) is 0.444. The smallest absolute Gasteiger partial charge is 0.416 e. The van der Waals surface area contributed by atoms with Gasteiger partial charge in [-0.15, -0.1) is 10.2 Å². The summed E-state index contributed by atoms with van der Waals surface area (Å²) in [6.07, 6.45) is -5.56. The second-order valence-electron chi connectivity index (χ2n) is 7.20. The van der Waals surface area contributed by atoms with Crippen LogP contribution in [0.1, 0.15) is 25.3 Å². The minimum atomic E-state index is -4.40. The topological polar surface area (TPSA) is 100 Å². The molecular formula is C20H19F3N4O3. The van der Waals surface area contributed by atoms with E-state index >= 15 is 0 Å². The fourth-order valence-corrected chi connectivity index (χ4v) is 2.65. The first-order chi connectivity index (χ1) is 14.1. The zero-order valence-electron chi connectivity index (χ0n) is 16.1. The standard InChI is InChI=1S/C20H19F3N4O3/c1-19(2,11-24-18(28)29)17-27-26-16(30-17)14-5-3-4-6-15(14)25-13-9-7-12(8-10-13)20(21,22)23/h3-10,24-25H,11H2,1-2H3,(H,28,29). The van der Waals surface area contributed by atoms with Crippen molar-refractivity contribution in [2.24, 2.45) is 0 Å². The molecule has 10 heteroatoms. The third-order valence-corrected chi connectivity index (χ3v) is 4.33. The van der Waals surface area contributed by atoms with E-state index in [2.05, 4.69) is 20.8 Å². The van der Waals surface area contributed by atoms with Crippen LogP contribution in [-0.2, 0) is 11.6 Å². The van der Waals surface area contributed by atoms with E-state index in [9.17, 15) is 18.0 Å². The van der Waals surface area contributed by atoms with Crippen LogP contribution in [-0.4, -0.2) is 27.9 Å². The van der Waals surface area contributed by atoms with Crippen molar-refractivity contribution in [2.45, 2.75) is 25.4 Å². The van der Waals surface area contributed by atoms with Crippen LogP contribution in [0, 0.1) is 0 Å². The number of aromatic nitrogens is 2. The molecule has 0 atom stereocenters. The maximum Gasteiger partial charge on any atom is 0.416 e. The van der Waals surface area contributed by atoms with Gasteiger partial charge in [0, 0.05) is 12.2 Å². The maximum absolute atomic E-state index is 12.7. The third-order valence-electron chi connectivity index (χ3n) is 4.33. The Kier molecular flexibility index (Phi) is 5.68. The summed E-state index contributed by atoms with van der Waals surface area (Å²) in [5.41, 5.74) is 0.104. The molecular weight excluding hydrogens is 401 g/mol. The number of nitrogens with one attached hydrogen (secondary N) is 2. The number of amides is 1. The molecule has 1 amide bonds. The van der Waals surface area contributed by atoms with Crippen molar-refractivity contribution in [1.82, 2.24) is 15.5 Å². The Balaban J connectivity index is 1.84. The molecule has 0 unspecified atom stereocenters. The van der Waals surface area contributed by atoms with E-state index in [-0.39, 0.29) is 18.3 Å². The molecule has 0 saturated carbocycles. The Hall–Kier alpha value is -3.56. The van der Waals surface area contributed by atoms with Crippen molar-refractivity contribution in [3.05, 3.63) is 60.0 Å². The summed E-state index contributed by atoms with van der Waals surface area (Å²) < 4.78 is 44.0. The van der Waals surface area contributed by atoms with E-state index in [4.69, 9.17) is 9.52 Å². The molecule has 3 N–H and O–H groups in total. The summed E-state index contributed by atoms with van der Waals surface area (Å²) in [6.45, 7) is 3.59. The number of halogens is 3. The Bertz CT molecular complexity index is 1030. The van der Waals surface area contributed by atoms with Gasteiger partial charge in [-0.05, 0) is 50.2 Å². The lowest BCUT2D eigenvalue weighted by molar-refractivity contribution is -0.137. The average Bonchev–Trinajstić information content (AvgIpc) is 3.18. The lowest BCUT2D eigenvalue weighted by atomic mass is 9.93. The Labute approximate surface area is 169 Å². The van der Waals surface area contributed by atoms with Crippen molar-refractivity contribution < 1.29 is 27.5 Å². The first-order valence-electron chi connectivity index (χ1n) is 8.91. The van der Waals surface area contributed by atoms with Crippen molar-refractivity contribution in [2.75, 3.05) is 11.9 Å². The Morgan fingerprint density at radius 1 is 1.07 bits per heavy atom. The summed E-state index contributed by atoms with van der Waals surface area (Å²) in [4.78, 5) is 10.7. The lowest BCUT2D eigenvalue weighted by Gasteiger charge is -2.19. The van der Waals surface area contributed by atoms with Crippen LogP contribution < -0.4 is 10.6 Å². The number of carboxylic acid groups (broad SMARTS) is 1. The van der Waals surface area contributed by atoms with E-state index < -0.39 is 23.2 Å². The number of anilines is 2. The highest BCUT2D eigenvalue weighted by Gasteiger charge is 2.30. The number of carbonyl (C=O) groups is 1. The summed E-state index contributed by atoms with van der Waals surface area (Å²) in [7, 11) is 0. The Morgan fingerprint density at radius 2 is 1.73 bits per heavy atom. The van der Waals surface area contributed by atoms with Gasteiger partial charge >= 0.3 is 12.3 Å². The predicted molar refractivity (Wildman–Crippen MR) is 104 cm³/mol. The van der Waals surface area contributed by atoms with Crippen LogP contribution in [0.5, 0.6) is 0 Å². The zero-order valence-corrected chi connectivity index (χ0v) is 16.1. The molecule has 2 aromatic carbocycles. The first-order valence-corrected chi connectivity index (χ1v) is 8.91. The molecule has 0 fully saturated rings. The zero-order chi connectivity index (χ0) is 21.9. The van der Waals surface area contributed by atoms with Gasteiger partial charge in [0.2, 0.25) is 11.8 Å². The largest absolute Gasteiger partial charge is 0.465 e. The normalized spacial score (nSPS) is 11.9. The van der Waals surface area contributed by atoms with Gasteiger partial charge in [0.15, 0.2) is 0 Å². The fraction of sp³-hybridized carbons (Fsp3) is 0.250. The predicted octanol–water partition coefficient (Wildman–Crippen LogP) is 5.04. The fourth-order valence-electron chi connectivity index (χ4n) is 2.65. The number of para-hydroxylation sites is 1. The van der Waals surface area contributed by atoms with E-state index in [0.717, 1.165) is 12.1 Å². The van der Waals surface area contributed by atoms with Gasteiger partial charge in [-0.2, -0.15) is 13.2 Å². The molecule has 0 bridgehead atoms.